The molecule has 0 saturated heterocycles. The Hall–Kier alpha value is 1.21. The van der Waals surface area contributed by atoms with Crippen molar-refractivity contribution in [2.75, 3.05) is 0 Å². The van der Waals surface area contributed by atoms with E-state index in [1.54, 1.807) is 0 Å². The standard InChI is InChI=1S/Mg.Mo.H2O.O.2H/h;;1H2;;;/q+2;;;;2*-1. The molecule has 0 rings (SSSR count). The predicted octanol–water partition coefficient (Wildman–Crippen LogP) is -1.10. The fourth-order valence-electron chi connectivity index (χ4n) is 0. The van der Waals surface area contributed by atoms with Crippen molar-refractivity contribution in [3.05, 3.63) is 0 Å². The van der Waals surface area contributed by atoms with Gasteiger partial charge in [-0.25, -0.2) is 0 Å². The Kier molecular flexibility index (Phi) is 139. The summed E-state index contributed by atoms with van der Waals surface area (Å²) >= 11 is 0.700. The Labute approximate surface area is 54.6 Å². The topological polar surface area (TPSA) is 48.6 Å². The van der Waals surface area contributed by atoms with Gasteiger partial charge in [-0.05, 0) is 0 Å². The number of hydrogen-bond donors (Lipinski definition) is 0. The third kappa shape index (κ3) is 10.7. The van der Waals surface area contributed by atoms with Crippen molar-refractivity contribution in [3.8, 4) is 0 Å². The van der Waals surface area contributed by atoms with Crippen LogP contribution in [0.2, 0.25) is 0 Å². The van der Waals surface area contributed by atoms with Crippen LogP contribution in [0.4, 0.5) is 0 Å². The zero-order valence-corrected chi connectivity index (χ0v) is 5.44. The minimum atomic E-state index is 0. The molecule has 0 atom stereocenters. The summed E-state index contributed by atoms with van der Waals surface area (Å²) in [5.74, 6) is 0. The van der Waals surface area contributed by atoms with Gasteiger partial charge in [-0.1, -0.05) is 0 Å². The van der Waals surface area contributed by atoms with E-state index in [1.807, 2.05) is 0 Å². The second-order valence-electron chi connectivity index (χ2n) is 0. The average molecular weight is 156 g/mol. The summed E-state index contributed by atoms with van der Waals surface area (Å²) in [6.45, 7) is 0. The molecule has 2 N–H and O–H groups in total. The third-order valence-electron chi connectivity index (χ3n) is 0. The molecule has 0 bridgehead atoms. The molecule has 0 aromatic carbocycles. The molecule has 0 aliphatic heterocycles. The maximum absolute atomic E-state index is 8.26. The second-order valence-corrected chi connectivity index (χ2v) is 0. The van der Waals surface area contributed by atoms with E-state index in [-0.39, 0.29) is 31.4 Å². The predicted molar refractivity (Wildman–Crippen MR) is 12.3 cm³/mol. The Balaban J connectivity index is -0.000000000833. The van der Waals surface area contributed by atoms with Crippen LogP contribution in [0.15, 0.2) is 0 Å². The molecule has 0 heterocycles. The van der Waals surface area contributed by atoms with E-state index in [0.717, 1.165) is 0 Å². The molecule has 2 nitrogen and oxygen atoms in total. The van der Waals surface area contributed by atoms with E-state index in [1.165, 1.54) is 0 Å². The van der Waals surface area contributed by atoms with Gasteiger partial charge in [0.15, 0.2) is 0 Å². The van der Waals surface area contributed by atoms with Crippen LogP contribution in [0, 0.1) is 0 Å². The molecule has 0 spiro atoms. The quantitative estimate of drug-likeness (QED) is 0.411. The van der Waals surface area contributed by atoms with Crippen LogP contribution < -0.4 is 0 Å². The van der Waals surface area contributed by atoms with E-state index >= 15 is 0 Å². The van der Waals surface area contributed by atoms with Crippen molar-refractivity contribution in [2.24, 2.45) is 0 Å². The molecule has 4 heavy (non-hydrogen) atoms. The van der Waals surface area contributed by atoms with Crippen molar-refractivity contribution >= 4 is 23.1 Å². The molecule has 24 valence electrons. The number of hydrogen-bond acceptors (Lipinski definition) is 1. The van der Waals surface area contributed by atoms with E-state index < -0.39 is 0 Å². The van der Waals surface area contributed by atoms with Gasteiger partial charge >= 0.3 is 46.2 Å². The Morgan fingerprint density at radius 2 is 1.50 bits per heavy atom. The average Bonchev–Trinajstić information content (AvgIpc) is 1.00. The normalized spacial score (nSPS) is 1.00. The molecule has 4 heteroatoms. The molecule has 0 radical (unpaired) electrons. The van der Waals surface area contributed by atoms with Crippen molar-refractivity contribution in [1.29, 1.82) is 0 Å². The van der Waals surface area contributed by atoms with E-state index in [0.29, 0.717) is 19.8 Å². The molecule has 0 aliphatic carbocycles. The van der Waals surface area contributed by atoms with Gasteiger partial charge in [0.2, 0.25) is 0 Å². The molecular weight excluding hydrogens is 152 g/mol. The van der Waals surface area contributed by atoms with Gasteiger partial charge in [0.25, 0.3) is 0 Å². The Morgan fingerprint density at radius 1 is 1.50 bits per heavy atom. The molecular formula is H4MgMoO2. The van der Waals surface area contributed by atoms with Crippen molar-refractivity contribution in [3.63, 3.8) is 0 Å². The summed E-state index contributed by atoms with van der Waals surface area (Å²) in [6.07, 6.45) is 0. The van der Waals surface area contributed by atoms with Crippen molar-refractivity contribution < 1.29 is 31.5 Å². The molecule has 0 fully saturated rings. The monoisotopic (exact) mass is 158 g/mol. The fraction of sp³-hybridized carbons (Fsp3) is 0. The van der Waals surface area contributed by atoms with Gasteiger partial charge in [0, 0.05) is 0 Å². The summed E-state index contributed by atoms with van der Waals surface area (Å²) < 4.78 is 8.26. The van der Waals surface area contributed by atoms with Crippen LogP contribution in [0.3, 0.4) is 0 Å². The Bertz CT molecular complexity index is 11.5. The van der Waals surface area contributed by atoms with Crippen LogP contribution in [-0.2, 0) is 23.2 Å². The minimum absolute atomic E-state index is 0. The van der Waals surface area contributed by atoms with Crippen LogP contribution in [0.1, 0.15) is 2.85 Å². The number of rotatable bonds is 0. The van der Waals surface area contributed by atoms with Crippen LogP contribution in [-0.4, -0.2) is 28.5 Å². The molecule has 0 aromatic rings. The summed E-state index contributed by atoms with van der Waals surface area (Å²) in [4.78, 5) is 0. The first-order valence-electron chi connectivity index (χ1n) is 0.167. The SMILES string of the molecule is O.[H-].[H-].[Mg+2].[O]=[Mo]. The summed E-state index contributed by atoms with van der Waals surface area (Å²) in [5, 5.41) is 0. The van der Waals surface area contributed by atoms with E-state index in [9.17, 15) is 0 Å². The van der Waals surface area contributed by atoms with Crippen LogP contribution in [0.25, 0.3) is 0 Å². The molecule has 0 aromatic heterocycles. The molecule has 0 aliphatic rings. The first-order valence-corrected chi connectivity index (χ1v) is 0.986. The van der Waals surface area contributed by atoms with Crippen molar-refractivity contribution in [2.45, 2.75) is 0 Å². The first-order chi connectivity index (χ1) is 1.00. The Morgan fingerprint density at radius 3 is 1.50 bits per heavy atom. The van der Waals surface area contributed by atoms with Gasteiger partial charge in [0.1, 0.15) is 0 Å². The summed E-state index contributed by atoms with van der Waals surface area (Å²) in [5.41, 5.74) is 0. The maximum atomic E-state index is 8.26. The van der Waals surface area contributed by atoms with Gasteiger partial charge in [-0.3, -0.25) is 0 Å². The van der Waals surface area contributed by atoms with Gasteiger partial charge in [-0.2, -0.15) is 0 Å². The summed E-state index contributed by atoms with van der Waals surface area (Å²) in [6, 6.07) is 0. The third-order valence-corrected chi connectivity index (χ3v) is 0. The van der Waals surface area contributed by atoms with Crippen LogP contribution >= 0.6 is 0 Å². The second kappa shape index (κ2) is 29.5. The van der Waals surface area contributed by atoms with Gasteiger partial charge in [-0.15, -0.1) is 0 Å². The van der Waals surface area contributed by atoms with Gasteiger partial charge < -0.3 is 8.33 Å². The zero-order chi connectivity index (χ0) is 2.00. The van der Waals surface area contributed by atoms with Gasteiger partial charge in [0.05, 0.1) is 0 Å². The first kappa shape index (κ1) is 18.9. The fourth-order valence-corrected chi connectivity index (χ4v) is 0. The van der Waals surface area contributed by atoms with E-state index in [2.05, 4.69) is 0 Å². The molecule has 0 saturated carbocycles. The van der Waals surface area contributed by atoms with E-state index in [4.69, 9.17) is 3.40 Å². The van der Waals surface area contributed by atoms with Crippen molar-refractivity contribution in [1.82, 2.24) is 0 Å². The molecule has 0 amide bonds. The summed E-state index contributed by atoms with van der Waals surface area (Å²) in [7, 11) is 0. The van der Waals surface area contributed by atoms with Crippen LogP contribution in [0.5, 0.6) is 0 Å². The molecule has 0 unspecified atom stereocenters. The zero-order valence-electron chi connectivity index (χ0n) is 4.02.